The summed E-state index contributed by atoms with van der Waals surface area (Å²) in [5, 5.41) is 23.9. The second-order valence-corrected chi connectivity index (χ2v) is 13.7. The molecule has 2 fully saturated rings. The van der Waals surface area contributed by atoms with Crippen molar-refractivity contribution in [2.75, 3.05) is 26.4 Å². The minimum Gasteiger partial charge on any atom is -0.488 e. The maximum atomic E-state index is 16.5. The average molecular weight is 686 g/mol. The van der Waals surface area contributed by atoms with Gasteiger partial charge in [-0.15, -0.1) is 0 Å². The molecule has 0 bridgehead atoms. The van der Waals surface area contributed by atoms with E-state index in [1.165, 1.54) is 18.2 Å². The van der Waals surface area contributed by atoms with Crippen molar-refractivity contribution >= 4 is 17.6 Å². The number of fused-ring (bicyclic) bond motifs is 1. The van der Waals surface area contributed by atoms with E-state index < -0.39 is 45.3 Å². The van der Waals surface area contributed by atoms with Crippen LogP contribution in [0.4, 0.5) is 8.78 Å². The molecular formula is C37H42ClF2NO7. The van der Waals surface area contributed by atoms with E-state index in [-0.39, 0.29) is 48.2 Å². The molecule has 3 atom stereocenters. The molecule has 258 valence electrons. The number of carboxylic acids is 1. The second kappa shape index (κ2) is 14.3. The van der Waals surface area contributed by atoms with Crippen LogP contribution < -0.4 is 14.8 Å². The highest BCUT2D eigenvalue weighted by molar-refractivity contribution is 6.34. The number of benzene rings is 3. The third kappa shape index (κ3) is 6.91. The van der Waals surface area contributed by atoms with Gasteiger partial charge < -0.3 is 34.5 Å². The zero-order valence-corrected chi connectivity index (χ0v) is 28.0. The van der Waals surface area contributed by atoms with Crippen molar-refractivity contribution in [3.05, 3.63) is 81.9 Å². The molecule has 6 rings (SSSR count). The largest absolute Gasteiger partial charge is 0.488 e. The molecule has 0 aromatic heterocycles. The zero-order chi connectivity index (χ0) is 34.1. The van der Waals surface area contributed by atoms with Crippen LogP contribution in [-0.4, -0.2) is 60.5 Å². The Labute approximate surface area is 284 Å². The lowest BCUT2D eigenvalue weighted by atomic mass is 9.77. The van der Waals surface area contributed by atoms with Crippen LogP contribution in [-0.2, 0) is 15.1 Å². The number of aliphatic hydroxyl groups is 1. The smallest absolute Gasteiger partial charge is 0.336 e. The van der Waals surface area contributed by atoms with Crippen LogP contribution in [0.15, 0.2) is 48.5 Å². The maximum Gasteiger partial charge on any atom is 0.336 e. The first-order valence-corrected chi connectivity index (χ1v) is 17.0. The number of carbonyl (C=O) groups is 1. The average Bonchev–Trinajstić information content (AvgIpc) is 3.36. The Bertz CT molecular complexity index is 1620. The van der Waals surface area contributed by atoms with Gasteiger partial charge in [0.15, 0.2) is 23.5 Å². The maximum absolute atomic E-state index is 16.5. The molecule has 0 spiro atoms. The molecule has 3 N–H and O–H groups in total. The summed E-state index contributed by atoms with van der Waals surface area (Å²) in [6, 6.07) is 13.3. The Hall–Kier alpha value is -3.28. The molecule has 1 unspecified atom stereocenters. The van der Waals surface area contributed by atoms with Crippen LogP contribution in [0.5, 0.6) is 11.5 Å². The number of carboxylic acid groups (broad SMARTS) is 1. The molecule has 11 heteroatoms. The van der Waals surface area contributed by atoms with Gasteiger partial charge in [-0.3, -0.25) is 0 Å². The van der Waals surface area contributed by atoms with Crippen LogP contribution >= 0.6 is 11.6 Å². The van der Waals surface area contributed by atoms with Crippen molar-refractivity contribution in [2.45, 2.75) is 88.2 Å². The minimum absolute atomic E-state index is 0.0173. The van der Waals surface area contributed by atoms with Gasteiger partial charge in [-0.25, -0.2) is 13.6 Å². The second-order valence-electron chi connectivity index (χ2n) is 13.3. The summed E-state index contributed by atoms with van der Waals surface area (Å²) in [6.07, 6.45) is 5.22. The molecule has 0 radical (unpaired) electrons. The van der Waals surface area contributed by atoms with Crippen LogP contribution in [0.3, 0.4) is 0 Å². The van der Waals surface area contributed by atoms with Crippen molar-refractivity contribution in [1.82, 2.24) is 5.32 Å². The summed E-state index contributed by atoms with van der Waals surface area (Å²) in [4.78, 5) is 12.5. The van der Waals surface area contributed by atoms with Crippen molar-refractivity contribution < 1.29 is 42.7 Å². The molecule has 48 heavy (non-hydrogen) atoms. The Balaban J connectivity index is 1.36. The van der Waals surface area contributed by atoms with Crippen molar-refractivity contribution in [1.29, 1.82) is 0 Å². The highest BCUT2D eigenvalue weighted by Crippen LogP contribution is 2.56. The number of hydrogen-bond donors (Lipinski definition) is 3. The van der Waals surface area contributed by atoms with Gasteiger partial charge in [0.2, 0.25) is 0 Å². The fourth-order valence-corrected chi connectivity index (χ4v) is 7.47. The highest BCUT2D eigenvalue weighted by atomic mass is 35.5. The van der Waals surface area contributed by atoms with Gasteiger partial charge in [-0.05, 0) is 69.6 Å². The number of ether oxygens (including phenoxy) is 4. The minimum atomic E-state index is -1.40. The summed E-state index contributed by atoms with van der Waals surface area (Å²) in [7, 11) is 0. The first-order chi connectivity index (χ1) is 23.0. The van der Waals surface area contributed by atoms with Gasteiger partial charge in [0.1, 0.15) is 18.2 Å². The summed E-state index contributed by atoms with van der Waals surface area (Å²) in [5.74, 6) is -3.84. The Morgan fingerprint density at radius 3 is 2.50 bits per heavy atom. The predicted molar refractivity (Wildman–Crippen MR) is 177 cm³/mol. The SMILES string of the molecule is C[C@H]1c2c(cc(F)c(Cl)c2-c2c(C(=O)O)ccc(OCCOC3CCCCO3)c2F)O[C@]1(CN[C@H]1CC[C@](C)(O)CC1)c1ccccc1. The zero-order valence-electron chi connectivity index (χ0n) is 27.2. The first kappa shape index (κ1) is 34.6. The fourth-order valence-electron chi connectivity index (χ4n) is 7.22. The molecule has 1 saturated heterocycles. The monoisotopic (exact) mass is 685 g/mol. The molecule has 1 aliphatic carbocycles. The molecular weight excluding hydrogens is 644 g/mol. The first-order valence-electron chi connectivity index (χ1n) is 16.6. The van der Waals surface area contributed by atoms with Gasteiger partial charge in [-0.2, -0.15) is 0 Å². The lowest BCUT2D eigenvalue weighted by molar-refractivity contribution is -0.165. The van der Waals surface area contributed by atoms with E-state index in [2.05, 4.69) is 5.32 Å². The van der Waals surface area contributed by atoms with Crippen molar-refractivity contribution in [2.24, 2.45) is 0 Å². The summed E-state index contributed by atoms with van der Waals surface area (Å²) in [6.45, 7) is 4.79. The lowest BCUT2D eigenvalue weighted by Gasteiger charge is -2.38. The molecule has 2 heterocycles. The summed E-state index contributed by atoms with van der Waals surface area (Å²) < 4.78 is 55.9. The third-order valence-corrected chi connectivity index (χ3v) is 10.4. The van der Waals surface area contributed by atoms with Crippen LogP contribution in [0.25, 0.3) is 11.1 Å². The number of rotatable bonds is 11. The van der Waals surface area contributed by atoms with E-state index in [9.17, 15) is 15.0 Å². The normalized spacial score (nSPS) is 26.9. The highest BCUT2D eigenvalue weighted by Gasteiger charge is 2.50. The van der Waals surface area contributed by atoms with Gasteiger partial charge in [0.05, 0.1) is 22.8 Å². The van der Waals surface area contributed by atoms with Gasteiger partial charge >= 0.3 is 5.97 Å². The van der Waals surface area contributed by atoms with E-state index in [0.717, 1.165) is 37.7 Å². The Kier molecular flexibility index (Phi) is 10.3. The van der Waals surface area contributed by atoms with Gasteiger partial charge in [0, 0.05) is 47.9 Å². The van der Waals surface area contributed by atoms with Crippen LogP contribution in [0, 0.1) is 11.6 Å². The van der Waals surface area contributed by atoms with Crippen molar-refractivity contribution in [3.8, 4) is 22.6 Å². The summed E-state index contributed by atoms with van der Waals surface area (Å²) in [5.41, 5.74) is -1.41. The van der Waals surface area contributed by atoms with E-state index in [1.54, 1.807) is 0 Å². The van der Waals surface area contributed by atoms with E-state index in [0.29, 0.717) is 31.6 Å². The van der Waals surface area contributed by atoms with E-state index >= 15 is 8.78 Å². The standard InChI is InChI=1S/C37H42ClF2NO7/c1-22-30-28(48-37(22,23-8-4-3-5-9-23)21-41-24-13-15-36(2,44)16-14-24)20-26(39)33(38)32(30)31-25(35(42)43)11-12-27(34(31)40)45-18-19-47-29-10-6-7-17-46-29/h3-5,8-9,11-12,20,22,24,29,41,44H,6-7,10,13-19,21H2,1-2H3,(H,42,43)/t22-,24-,29?,36-,37-/m0/s1. The predicted octanol–water partition coefficient (Wildman–Crippen LogP) is 7.58. The molecule has 3 aromatic rings. The van der Waals surface area contributed by atoms with E-state index in [1.807, 2.05) is 44.2 Å². The third-order valence-electron chi connectivity index (χ3n) is 9.99. The van der Waals surface area contributed by atoms with E-state index in [4.69, 9.17) is 30.5 Å². The number of aromatic carboxylic acids is 1. The molecule has 3 aliphatic rings. The van der Waals surface area contributed by atoms with Crippen LogP contribution in [0.1, 0.15) is 86.2 Å². The lowest BCUT2D eigenvalue weighted by Crippen LogP contribution is -2.49. The quantitative estimate of drug-likeness (QED) is 0.178. The number of nitrogens with one attached hydrogen (secondary N) is 1. The van der Waals surface area contributed by atoms with Crippen LogP contribution in [0.2, 0.25) is 5.02 Å². The summed E-state index contributed by atoms with van der Waals surface area (Å²) >= 11 is 6.65. The Morgan fingerprint density at radius 1 is 1.06 bits per heavy atom. The van der Waals surface area contributed by atoms with Gasteiger partial charge in [-0.1, -0.05) is 48.9 Å². The van der Waals surface area contributed by atoms with Crippen molar-refractivity contribution in [3.63, 3.8) is 0 Å². The number of halogens is 3. The molecule has 8 nitrogen and oxygen atoms in total. The topological polar surface area (TPSA) is 106 Å². The van der Waals surface area contributed by atoms with Gasteiger partial charge in [0.25, 0.3) is 0 Å². The fraction of sp³-hybridized carbons (Fsp3) is 0.486. The molecule has 1 saturated carbocycles. The molecule has 2 aliphatic heterocycles. The molecule has 0 amide bonds. The molecule has 3 aromatic carbocycles. The Morgan fingerprint density at radius 2 is 1.81 bits per heavy atom. The number of hydrogen-bond acceptors (Lipinski definition) is 7.